The third-order valence-corrected chi connectivity index (χ3v) is 10.4. The van der Waals surface area contributed by atoms with Crippen LogP contribution in [0.3, 0.4) is 0 Å². The van der Waals surface area contributed by atoms with Gasteiger partial charge in [-0.05, 0) is 97.9 Å². The molecule has 4 aromatic rings. The smallest absolute Gasteiger partial charge is 0.302 e. The molecule has 0 N–H and O–H groups in total. The second-order valence-electron chi connectivity index (χ2n) is 14.5. The lowest BCUT2D eigenvalue weighted by atomic mass is 9.75. The van der Waals surface area contributed by atoms with Gasteiger partial charge in [-0.25, -0.2) is 0 Å². The molecule has 53 heavy (non-hydrogen) atoms. The van der Waals surface area contributed by atoms with Gasteiger partial charge in [-0.3, -0.25) is 0 Å². The molecule has 0 saturated heterocycles. The molecule has 1 aliphatic carbocycles. The van der Waals surface area contributed by atoms with Crippen molar-refractivity contribution < 1.29 is 9.13 Å². The summed E-state index contributed by atoms with van der Waals surface area (Å²) >= 11 is 1.74. The fourth-order valence-corrected chi connectivity index (χ4v) is 7.69. The molecule has 0 spiro atoms. The Morgan fingerprint density at radius 1 is 0.849 bits per heavy atom. The average molecular weight is 719 g/mol. The van der Waals surface area contributed by atoms with Crippen LogP contribution in [0.25, 0.3) is 6.08 Å². The van der Waals surface area contributed by atoms with E-state index in [0.29, 0.717) is 0 Å². The highest BCUT2D eigenvalue weighted by molar-refractivity contribution is 7.17. The van der Waals surface area contributed by atoms with E-state index in [0.717, 1.165) is 45.4 Å². The third kappa shape index (κ3) is 8.12. The van der Waals surface area contributed by atoms with Crippen molar-refractivity contribution in [3.63, 3.8) is 0 Å². The lowest BCUT2D eigenvalue weighted by molar-refractivity contribution is -0.0655. The maximum absolute atomic E-state index is 16.7. The van der Waals surface area contributed by atoms with Gasteiger partial charge >= 0.3 is 5.85 Å². The van der Waals surface area contributed by atoms with Gasteiger partial charge in [0.2, 0.25) is 0 Å². The van der Waals surface area contributed by atoms with E-state index >= 15 is 4.39 Å². The first kappa shape index (κ1) is 36.9. The predicted molar refractivity (Wildman–Crippen MR) is 217 cm³/mol. The molecule has 0 radical (unpaired) electrons. The monoisotopic (exact) mass is 718 g/mol. The zero-order valence-electron chi connectivity index (χ0n) is 31.0. The average Bonchev–Trinajstić information content (AvgIpc) is 3.73. The highest BCUT2D eigenvalue weighted by Gasteiger charge is 2.47. The first-order valence-electron chi connectivity index (χ1n) is 17.6. The molecule has 1 aromatic heterocycles. The fraction of sp³-hybridized carbons (Fsp3) is 0.217. The summed E-state index contributed by atoms with van der Waals surface area (Å²) in [7, 11) is 4.10. The minimum atomic E-state index is -2.39. The van der Waals surface area contributed by atoms with E-state index in [9.17, 15) is 10.5 Å². The molecule has 2 heterocycles. The van der Waals surface area contributed by atoms with Gasteiger partial charge in [-0.2, -0.15) is 14.9 Å². The number of allylic oxidation sites excluding steroid dienone is 8. The third-order valence-electron chi connectivity index (χ3n) is 9.37. The number of halogens is 1. The first-order valence-corrected chi connectivity index (χ1v) is 18.4. The molecule has 0 saturated carbocycles. The molecule has 1 aliphatic heterocycles. The number of benzene rings is 3. The Kier molecular flexibility index (Phi) is 10.7. The fourth-order valence-electron chi connectivity index (χ4n) is 6.74. The summed E-state index contributed by atoms with van der Waals surface area (Å²) < 4.78 is 22.5. The van der Waals surface area contributed by atoms with Crippen molar-refractivity contribution in [2.45, 2.75) is 46.4 Å². The van der Waals surface area contributed by atoms with Crippen LogP contribution in [-0.2, 0) is 10.6 Å². The Balaban J connectivity index is 1.29. The van der Waals surface area contributed by atoms with E-state index in [2.05, 4.69) is 116 Å². The summed E-state index contributed by atoms with van der Waals surface area (Å²) in [6, 6.07) is 34.1. The molecular weight excluding hydrogens is 676 g/mol. The molecule has 1 atom stereocenters. The maximum Gasteiger partial charge on any atom is 0.302 e. The van der Waals surface area contributed by atoms with Crippen LogP contribution in [0.1, 0.15) is 49.6 Å². The Hall–Kier alpha value is -5.89. The van der Waals surface area contributed by atoms with Crippen LogP contribution in [0.2, 0.25) is 0 Å². The summed E-state index contributed by atoms with van der Waals surface area (Å²) in [5.74, 6) is -2.42. The van der Waals surface area contributed by atoms with Gasteiger partial charge in [0, 0.05) is 41.6 Å². The molecule has 0 fully saturated rings. The van der Waals surface area contributed by atoms with Crippen LogP contribution in [0.15, 0.2) is 155 Å². The lowest BCUT2D eigenvalue weighted by Gasteiger charge is -2.30. The molecule has 3 aromatic carbocycles. The molecule has 5 nitrogen and oxygen atoms in total. The van der Waals surface area contributed by atoms with E-state index in [4.69, 9.17) is 4.74 Å². The number of hydrogen-bond acceptors (Lipinski definition) is 6. The van der Waals surface area contributed by atoms with Gasteiger partial charge in [0.1, 0.15) is 16.6 Å². The molecule has 0 bridgehead atoms. The number of rotatable bonds is 9. The minimum Gasteiger partial charge on any atom is -0.447 e. The van der Waals surface area contributed by atoms with Gasteiger partial charge in [0.25, 0.3) is 0 Å². The van der Waals surface area contributed by atoms with Crippen molar-refractivity contribution in [3.05, 3.63) is 171 Å². The number of nitriles is 2. The van der Waals surface area contributed by atoms with Crippen LogP contribution in [-0.4, -0.2) is 14.1 Å². The second-order valence-corrected chi connectivity index (χ2v) is 15.6. The van der Waals surface area contributed by atoms with Crippen LogP contribution < -0.4 is 9.80 Å². The highest BCUT2D eigenvalue weighted by Crippen LogP contribution is 2.48. The molecule has 266 valence electrons. The number of anilines is 4. The van der Waals surface area contributed by atoms with Crippen molar-refractivity contribution in [1.29, 1.82) is 10.5 Å². The van der Waals surface area contributed by atoms with Gasteiger partial charge in [0.15, 0.2) is 5.76 Å². The summed E-state index contributed by atoms with van der Waals surface area (Å²) in [6.45, 7) is 8.13. The number of thiophene rings is 1. The Morgan fingerprint density at radius 3 is 2.15 bits per heavy atom. The van der Waals surface area contributed by atoms with E-state index in [1.165, 1.54) is 18.1 Å². The van der Waals surface area contributed by atoms with E-state index in [1.807, 2.05) is 26.2 Å². The number of ether oxygens (including phenoxy) is 1. The van der Waals surface area contributed by atoms with Gasteiger partial charge in [0.05, 0.1) is 17.2 Å². The molecular formula is C46H43FN4OS. The van der Waals surface area contributed by atoms with Crippen LogP contribution >= 0.6 is 11.3 Å². The standard InChI is InChI=1S/C46H43FN4OS/c1-32-15-18-38(19-16-32)51(39-22-20-37(21-23-39)50(5)6)43-26-25-40(53-43)24-17-35-27-34(28-45(3,4)29-35)11-10-14-42-41(31-49)44(33(2)30-48)52-46(42,47)36-12-8-7-9-13-36/h7-27H,28-29H2,1-6H3/b14-10+,24-17+,34-11-,44-33+. The number of nitrogens with zero attached hydrogens (tertiary/aromatic N) is 4. The Labute approximate surface area is 316 Å². The van der Waals surface area contributed by atoms with E-state index in [-0.39, 0.29) is 33.5 Å². The van der Waals surface area contributed by atoms with Crippen molar-refractivity contribution in [2.75, 3.05) is 23.9 Å². The number of aryl methyl sites for hydroxylation is 1. The summed E-state index contributed by atoms with van der Waals surface area (Å²) in [4.78, 5) is 5.54. The topological polar surface area (TPSA) is 63.3 Å². The zero-order chi connectivity index (χ0) is 37.8. The molecule has 1 unspecified atom stereocenters. The summed E-state index contributed by atoms with van der Waals surface area (Å²) in [5.41, 5.74) is 7.38. The van der Waals surface area contributed by atoms with Crippen molar-refractivity contribution in [2.24, 2.45) is 5.41 Å². The van der Waals surface area contributed by atoms with Crippen molar-refractivity contribution in [1.82, 2.24) is 0 Å². The number of alkyl halides is 1. The summed E-state index contributed by atoms with van der Waals surface area (Å²) in [5, 5.41) is 20.7. The Bertz CT molecular complexity index is 2260. The lowest BCUT2D eigenvalue weighted by Crippen LogP contribution is -2.21. The van der Waals surface area contributed by atoms with Gasteiger partial charge in [-0.15, -0.1) is 11.3 Å². The van der Waals surface area contributed by atoms with Crippen molar-refractivity contribution in [3.8, 4) is 12.1 Å². The molecule has 6 rings (SSSR count). The Morgan fingerprint density at radius 2 is 1.51 bits per heavy atom. The SMILES string of the molecule is C/C(C#N)=C1\OC(F)(c2ccccc2)C(/C=C/C=C2C=C(/C=C/c3ccc(N(c4ccc(C)cc4)c4ccc(N(C)C)cc4)s3)CC(C)(C)C/2)=C1C#N. The second kappa shape index (κ2) is 15.4. The van der Waals surface area contributed by atoms with Crippen LogP contribution in [0, 0.1) is 35.0 Å². The van der Waals surface area contributed by atoms with Gasteiger partial charge in [-0.1, -0.05) is 92.3 Å². The van der Waals surface area contributed by atoms with Crippen LogP contribution in [0.5, 0.6) is 0 Å². The zero-order valence-corrected chi connectivity index (χ0v) is 31.8. The van der Waals surface area contributed by atoms with E-state index in [1.54, 1.807) is 53.8 Å². The van der Waals surface area contributed by atoms with Crippen LogP contribution in [0.4, 0.5) is 26.5 Å². The normalized spacial score (nSPS) is 19.9. The highest BCUT2D eigenvalue weighted by atomic mass is 32.1. The minimum absolute atomic E-state index is 0.0108. The van der Waals surface area contributed by atoms with E-state index < -0.39 is 5.85 Å². The first-order chi connectivity index (χ1) is 25.4. The predicted octanol–water partition coefficient (Wildman–Crippen LogP) is 12.3. The molecule has 0 amide bonds. The largest absolute Gasteiger partial charge is 0.447 e. The molecule has 2 aliphatic rings. The number of hydrogen-bond donors (Lipinski definition) is 0. The van der Waals surface area contributed by atoms with Gasteiger partial charge < -0.3 is 14.5 Å². The quantitative estimate of drug-likeness (QED) is 0.161. The van der Waals surface area contributed by atoms with Crippen molar-refractivity contribution >= 4 is 39.5 Å². The summed E-state index contributed by atoms with van der Waals surface area (Å²) in [6.07, 6.45) is 13.7. The molecule has 7 heteroatoms. The maximum atomic E-state index is 16.7.